The number of carbonyl (C=O) groups is 2. The molecule has 1 aliphatic rings. The van der Waals surface area contributed by atoms with Crippen LogP contribution in [0.1, 0.15) is 30.3 Å². The Bertz CT molecular complexity index is 757. The fraction of sp³-hybridized carbons (Fsp3) is 0.389. The number of ether oxygens (including phenoxy) is 1. The van der Waals surface area contributed by atoms with Crippen molar-refractivity contribution in [3.05, 3.63) is 41.8 Å². The van der Waals surface area contributed by atoms with Gasteiger partial charge in [-0.05, 0) is 50.1 Å². The molecule has 1 saturated heterocycles. The quantitative estimate of drug-likeness (QED) is 0.865. The third-order valence-electron chi connectivity index (χ3n) is 4.28. The zero-order valence-electron chi connectivity index (χ0n) is 14.0. The summed E-state index contributed by atoms with van der Waals surface area (Å²) < 4.78 is 18.1. The number of rotatable bonds is 4. The number of nitrogens with zero attached hydrogens (tertiary/aromatic N) is 2. The Hall–Kier alpha value is -2.70. The maximum atomic E-state index is 13.0. The number of esters is 1. The number of carbonyl (C=O) groups excluding carboxylic acids is 2. The summed E-state index contributed by atoms with van der Waals surface area (Å²) in [6, 6.07) is 7.55. The van der Waals surface area contributed by atoms with Crippen molar-refractivity contribution in [3.63, 3.8) is 0 Å². The van der Waals surface area contributed by atoms with E-state index in [1.165, 1.54) is 12.1 Å². The number of aromatic amines is 1. The Morgan fingerprint density at radius 2 is 2.12 bits per heavy atom. The number of H-pyrrole nitrogens is 1. The lowest BCUT2D eigenvalue weighted by Gasteiger charge is -2.31. The monoisotopic (exact) mass is 345 g/mol. The molecule has 2 heterocycles. The molecule has 1 aromatic carbocycles. The summed E-state index contributed by atoms with van der Waals surface area (Å²) in [5.41, 5.74) is 1.64. The van der Waals surface area contributed by atoms with Gasteiger partial charge < -0.3 is 9.64 Å². The van der Waals surface area contributed by atoms with Crippen molar-refractivity contribution in [2.75, 3.05) is 19.7 Å². The van der Waals surface area contributed by atoms with Gasteiger partial charge in [0.15, 0.2) is 0 Å². The first-order valence-electron chi connectivity index (χ1n) is 8.35. The Kier molecular flexibility index (Phi) is 5.11. The molecule has 132 valence electrons. The lowest BCUT2D eigenvalue weighted by Crippen LogP contribution is -2.43. The molecule has 1 aliphatic heterocycles. The van der Waals surface area contributed by atoms with Crippen LogP contribution in [0.3, 0.4) is 0 Å². The van der Waals surface area contributed by atoms with Gasteiger partial charge in [-0.15, -0.1) is 0 Å². The van der Waals surface area contributed by atoms with Crippen molar-refractivity contribution in [2.45, 2.75) is 19.8 Å². The van der Waals surface area contributed by atoms with Gasteiger partial charge in [-0.2, -0.15) is 5.10 Å². The fourth-order valence-corrected chi connectivity index (χ4v) is 2.98. The number of likely N-dealkylation sites (tertiary alicyclic amines) is 1. The highest BCUT2D eigenvalue weighted by atomic mass is 19.1. The highest BCUT2D eigenvalue weighted by Gasteiger charge is 2.30. The SMILES string of the molecule is CCOC(=O)[C@@H]1CCCN(C(=O)c2cc(-c3ccc(F)cc3)n[nH]2)C1. The number of piperidine rings is 1. The molecule has 1 amide bonds. The van der Waals surface area contributed by atoms with Crippen LogP contribution in [0.5, 0.6) is 0 Å². The maximum absolute atomic E-state index is 13.0. The van der Waals surface area contributed by atoms with E-state index < -0.39 is 0 Å². The van der Waals surface area contributed by atoms with Crippen molar-refractivity contribution < 1.29 is 18.7 Å². The smallest absolute Gasteiger partial charge is 0.310 e. The lowest BCUT2D eigenvalue weighted by atomic mass is 9.98. The van der Waals surface area contributed by atoms with Crippen molar-refractivity contribution in [2.24, 2.45) is 5.92 Å². The van der Waals surface area contributed by atoms with Crippen LogP contribution in [-0.4, -0.2) is 46.7 Å². The van der Waals surface area contributed by atoms with Crippen molar-refractivity contribution in [3.8, 4) is 11.3 Å². The Morgan fingerprint density at radius 1 is 1.36 bits per heavy atom. The Morgan fingerprint density at radius 3 is 2.84 bits per heavy atom. The van der Waals surface area contributed by atoms with E-state index in [0.29, 0.717) is 31.1 Å². The molecule has 1 aromatic heterocycles. The van der Waals surface area contributed by atoms with E-state index in [2.05, 4.69) is 10.2 Å². The van der Waals surface area contributed by atoms with Crippen LogP contribution >= 0.6 is 0 Å². The molecule has 6 nitrogen and oxygen atoms in total. The average molecular weight is 345 g/mol. The standard InChI is InChI=1S/C18H20FN3O3/c1-2-25-18(24)13-4-3-9-22(11-13)17(23)16-10-15(20-21-16)12-5-7-14(19)8-6-12/h5-8,10,13H,2-4,9,11H2,1H3,(H,20,21)/t13-/m1/s1. The van der Waals surface area contributed by atoms with E-state index >= 15 is 0 Å². The zero-order valence-corrected chi connectivity index (χ0v) is 14.0. The van der Waals surface area contributed by atoms with Crippen LogP contribution in [0, 0.1) is 11.7 Å². The third-order valence-corrected chi connectivity index (χ3v) is 4.28. The van der Waals surface area contributed by atoms with Crippen molar-refractivity contribution in [1.29, 1.82) is 0 Å². The molecule has 3 rings (SSSR count). The summed E-state index contributed by atoms with van der Waals surface area (Å²) >= 11 is 0. The molecule has 0 aliphatic carbocycles. The van der Waals surface area contributed by atoms with Gasteiger partial charge in [-0.1, -0.05) is 0 Å². The molecule has 1 fully saturated rings. The summed E-state index contributed by atoms with van der Waals surface area (Å²) in [5, 5.41) is 6.86. The number of halogens is 1. The topological polar surface area (TPSA) is 75.3 Å². The zero-order chi connectivity index (χ0) is 17.8. The second-order valence-corrected chi connectivity index (χ2v) is 6.02. The van der Waals surface area contributed by atoms with Gasteiger partial charge in [0.2, 0.25) is 0 Å². The van der Waals surface area contributed by atoms with Crippen LogP contribution in [-0.2, 0) is 9.53 Å². The Balaban J connectivity index is 1.70. The van der Waals surface area contributed by atoms with Crippen LogP contribution in [0.25, 0.3) is 11.3 Å². The van der Waals surface area contributed by atoms with E-state index in [4.69, 9.17) is 4.74 Å². The van der Waals surface area contributed by atoms with Crippen LogP contribution < -0.4 is 0 Å². The molecule has 0 spiro atoms. The summed E-state index contributed by atoms with van der Waals surface area (Å²) in [5.74, 6) is -1.06. The first kappa shape index (κ1) is 17.1. The summed E-state index contributed by atoms with van der Waals surface area (Å²) in [7, 11) is 0. The molecule has 2 aromatic rings. The van der Waals surface area contributed by atoms with Crippen LogP contribution in [0.2, 0.25) is 0 Å². The number of hydrogen-bond acceptors (Lipinski definition) is 4. The predicted octanol–water partition coefficient (Wildman–Crippen LogP) is 2.63. The van der Waals surface area contributed by atoms with Crippen LogP contribution in [0.4, 0.5) is 4.39 Å². The van der Waals surface area contributed by atoms with E-state index in [0.717, 1.165) is 18.4 Å². The Labute approximate surface area is 145 Å². The lowest BCUT2D eigenvalue weighted by molar-refractivity contribution is -0.149. The molecule has 0 radical (unpaired) electrons. The molecule has 7 heteroatoms. The number of hydrogen-bond donors (Lipinski definition) is 1. The van der Waals surface area contributed by atoms with Crippen molar-refractivity contribution in [1.82, 2.24) is 15.1 Å². The average Bonchev–Trinajstić information content (AvgIpc) is 3.12. The number of amides is 1. The van der Waals surface area contributed by atoms with E-state index in [1.54, 1.807) is 30.0 Å². The molecule has 25 heavy (non-hydrogen) atoms. The minimum Gasteiger partial charge on any atom is -0.466 e. The molecular weight excluding hydrogens is 325 g/mol. The summed E-state index contributed by atoms with van der Waals surface area (Å²) in [4.78, 5) is 26.2. The van der Waals surface area contributed by atoms with Crippen molar-refractivity contribution >= 4 is 11.9 Å². The number of aromatic nitrogens is 2. The molecule has 1 atom stereocenters. The normalized spacial score (nSPS) is 17.4. The highest BCUT2D eigenvalue weighted by Crippen LogP contribution is 2.22. The molecule has 0 bridgehead atoms. The first-order chi connectivity index (χ1) is 12.1. The van der Waals surface area contributed by atoms with Crippen LogP contribution in [0.15, 0.2) is 30.3 Å². The van der Waals surface area contributed by atoms with Gasteiger partial charge >= 0.3 is 5.97 Å². The second-order valence-electron chi connectivity index (χ2n) is 6.02. The van der Waals surface area contributed by atoms with E-state index in [1.807, 2.05) is 0 Å². The minimum atomic E-state index is -0.325. The van der Waals surface area contributed by atoms with Gasteiger partial charge in [0.25, 0.3) is 5.91 Å². The van der Waals surface area contributed by atoms with E-state index in [-0.39, 0.29) is 23.6 Å². The molecular formula is C18H20FN3O3. The molecule has 0 saturated carbocycles. The van der Waals surface area contributed by atoms with Gasteiger partial charge in [0, 0.05) is 18.7 Å². The number of nitrogens with one attached hydrogen (secondary N) is 1. The molecule has 1 N–H and O–H groups in total. The van der Waals surface area contributed by atoms with Gasteiger partial charge in [-0.3, -0.25) is 14.7 Å². The van der Waals surface area contributed by atoms with Gasteiger partial charge in [0.1, 0.15) is 11.5 Å². The summed E-state index contributed by atoms with van der Waals surface area (Å²) in [6.45, 7) is 3.05. The molecule has 0 unspecified atom stereocenters. The highest BCUT2D eigenvalue weighted by molar-refractivity contribution is 5.93. The predicted molar refractivity (Wildman–Crippen MR) is 89.2 cm³/mol. The van der Waals surface area contributed by atoms with Gasteiger partial charge in [-0.25, -0.2) is 4.39 Å². The van der Waals surface area contributed by atoms with E-state index in [9.17, 15) is 14.0 Å². The number of benzene rings is 1. The minimum absolute atomic E-state index is 0.199. The fourth-order valence-electron chi connectivity index (χ4n) is 2.98. The largest absolute Gasteiger partial charge is 0.466 e. The van der Waals surface area contributed by atoms with Gasteiger partial charge in [0.05, 0.1) is 18.2 Å². The third kappa shape index (κ3) is 3.87. The maximum Gasteiger partial charge on any atom is 0.310 e. The first-order valence-corrected chi connectivity index (χ1v) is 8.35. The second kappa shape index (κ2) is 7.46. The summed E-state index contributed by atoms with van der Waals surface area (Å²) in [6.07, 6.45) is 1.49.